The Bertz CT molecular complexity index is 1430. The number of halogens is 1. The fourth-order valence-corrected chi connectivity index (χ4v) is 6.07. The highest BCUT2D eigenvalue weighted by Crippen LogP contribution is 2.32. The Balaban J connectivity index is 1.44. The molecule has 35 heavy (non-hydrogen) atoms. The second kappa shape index (κ2) is 9.64. The third-order valence-electron chi connectivity index (χ3n) is 6.09. The van der Waals surface area contributed by atoms with Crippen molar-refractivity contribution in [3.8, 4) is 11.4 Å². The number of nitrogens with zero attached hydrogens (tertiary/aromatic N) is 2. The first-order valence-corrected chi connectivity index (χ1v) is 14.2. The van der Waals surface area contributed by atoms with Gasteiger partial charge in [-0.3, -0.25) is 0 Å². The van der Waals surface area contributed by atoms with Crippen molar-refractivity contribution in [2.24, 2.45) is 0 Å². The van der Waals surface area contributed by atoms with Crippen molar-refractivity contribution in [2.75, 3.05) is 6.26 Å². The quantitative estimate of drug-likeness (QED) is 0.302. The Morgan fingerprint density at radius 1 is 1.09 bits per heavy atom. The van der Waals surface area contributed by atoms with Crippen molar-refractivity contribution in [1.29, 1.82) is 0 Å². The van der Waals surface area contributed by atoms with Crippen molar-refractivity contribution < 1.29 is 17.5 Å². The van der Waals surface area contributed by atoms with Gasteiger partial charge in [0.05, 0.1) is 28.7 Å². The third-order valence-corrected chi connectivity index (χ3v) is 8.88. The standard InChI is InChI=1S/C26H26FN3O3S2/c1-17(29-35(31,32)24-12-13-24)26(18-3-10-23(34-2)11-4-18)33-22-9-14-25-19(15-22)16-28-30(25)21-7-5-20(27)6-8-21/h3-11,14-17,24,26,29H,12-13H2,1-2H3/t17-,26?/m0/s1. The third kappa shape index (κ3) is 5.22. The summed E-state index contributed by atoms with van der Waals surface area (Å²) in [6, 6.07) is 19.3. The van der Waals surface area contributed by atoms with Gasteiger partial charge in [-0.15, -0.1) is 11.8 Å². The molecule has 182 valence electrons. The molecule has 1 fully saturated rings. The number of hydrogen-bond donors (Lipinski definition) is 1. The van der Waals surface area contributed by atoms with Gasteiger partial charge < -0.3 is 4.74 Å². The molecule has 1 saturated carbocycles. The van der Waals surface area contributed by atoms with Crippen molar-refractivity contribution >= 4 is 32.7 Å². The normalized spacial score (nSPS) is 15.7. The molecule has 0 saturated heterocycles. The van der Waals surface area contributed by atoms with Crippen LogP contribution >= 0.6 is 11.8 Å². The number of ether oxygens (including phenoxy) is 1. The molecule has 1 aliphatic carbocycles. The van der Waals surface area contributed by atoms with Crippen LogP contribution in [0.3, 0.4) is 0 Å². The van der Waals surface area contributed by atoms with E-state index in [1.807, 2.05) is 55.6 Å². The molecule has 1 aliphatic rings. The van der Waals surface area contributed by atoms with E-state index in [1.54, 1.807) is 34.8 Å². The number of sulfonamides is 1. The summed E-state index contributed by atoms with van der Waals surface area (Å²) in [6.45, 7) is 1.83. The van der Waals surface area contributed by atoms with Gasteiger partial charge in [-0.05, 0) is 86.2 Å². The monoisotopic (exact) mass is 511 g/mol. The molecule has 1 aromatic heterocycles. The molecule has 6 nitrogen and oxygen atoms in total. The van der Waals surface area contributed by atoms with Gasteiger partial charge in [0.15, 0.2) is 0 Å². The van der Waals surface area contributed by atoms with Crippen LogP contribution in [0.2, 0.25) is 0 Å². The zero-order valence-electron chi connectivity index (χ0n) is 19.4. The lowest BCUT2D eigenvalue weighted by atomic mass is 10.0. The van der Waals surface area contributed by atoms with E-state index in [0.29, 0.717) is 18.6 Å². The van der Waals surface area contributed by atoms with Gasteiger partial charge in [0.2, 0.25) is 10.0 Å². The molecule has 0 radical (unpaired) electrons. The minimum absolute atomic E-state index is 0.302. The molecule has 0 bridgehead atoms. The summed E-state index contributed by atoms with van der Waals surface area (Å²) in [5.74, 6) is 0.302. The molecule has 1 heterocycles. The van der Waals surface area contributed by atoms with E-state index in [2.05, 4.69) is 9.82 Å². The van der Waals surface area contributed by atoms with Gasteiger partial charge in [-0.1, -0.05) is 12.1 Å². The van der Waals surface area contributed by atoms with Crippen LogP contribution in [0.5, 0.6) is 5.75 Å². The maximum atomic E-state index is 13.3. The minimum Gasteiger partial charge on any atom is -0.484 e. The molecule has 2 atom stereocenters. The summed E-state index contributed by atoms with van der Waals surface area (Å²) in [4.78, 5) is 1.12. The molecule has 0 aliphatic heterocycles. The molecule has 5 rings (SSSR count). The van der Waals surface area contributed by atoms with Gasteiger partial charge in [0.1, 0.15) is 17.7 Å². The van der Waals surface area contributed by atoms with Gasteiger partial charge >= 0.3 is 0 Å². The molecule has 4 aromatic rings. The molecule has 0 amide bonds. The average Bonchev–Trinajstić information content (AvgIpc) is 3.64. The maximum Gasteiger partial charge on any atom is 0.214 e. The van der Waals surface area contributed by atoms with Gasteiger partial charge in [-0.2, -0.15) is 5.10 Å². The topological polar surface area (TPSA) is 73.2 Å². The highest BCUT2D eigenvalue weighted by atomic mass is 32.2. The zero-order chi connectivity index (χ0) is 24.6. The largest absolute Gasteiger partial charge is 0.484 e. The molecule has 9 heteroatoms. The number of fused-ring (bicyclic) bond motifs is 1. The summed E-state index contributed by atoms with van der Waals surface area (Å²) >= 11 is 1.64. The molecule has 1 unspecified atom stereocenters. The van der Waals surface area contributed by atoms with Gasteiger partial charge in [-0.25, -0.2) is 22.2 Å². The molecule has 1 N–H and O–H groups in total. The van der Waals surface area contributed by atoms with Crippen LogP contribution in [0.4, 0.5) is 4.39 Å². The smallest absolute Gasteiger partial charge is 0.214 e. The second-order valence-electron chi connectivity index (χ2n) is 8.72. The highest BCUT2D eigenvalue weighted by Gasteiger charge is 2.38. The van der Waals surface area contributed by atoms with E-state index in [4.69, 9.17) is 4.74 Å². The van der Waals surface area contributed by atoms with Gasteiger partial charge in [0.25, 0.3) is 0 Å². The predicted molar refractivity (Wildman–Crippen MR) is 137 cm³/mol. The Morgan fingerprint density at radius 3 is 2.46 bits per heavy atom. The molecule has 3 aromatic carbocycles. The van der Waals surface area contributed by atoms with E-state index >= 15 is 0 Å². The SMILES string of the molecule is CSc1ccc(C(Oc2ccc3c(cnn3-c3ccc(F)cc3)c2)[C@H](C)NS(=O)(=O)C2CC2)cc1. The maximum absolute atomic E-state index is 13.3. The van der Waals surface area contributed by atoms with Crippen LogP contribution in [-0.2, 0) is 10.0 Å². The Labute approximate surface area is 208 Å². The predicted octanol–water partition coefficient (Wildman–Crippen LogP) is 5.48. The molecular formula is C26H26FN3O3S2. The van der Waals surface area contributed by atoms with E-state index < -0.39 is 22.2 Å². The summed E-state index contributed by atoms with van der Waals surface area (Å²) in [5.41, 5.74) is 2.49. The second-order valence-corrected chi connectivity index (χ2v) is 11.6. The average molecular weight is 512 g/mol. The summed E-state index contributed by atoms with van der Waals surface area (Å²) in [7, 11) is -3.38. The number of hydrogen-bond acceptors (Lipinski definition) is 5. The van der Waals surface area contributed by atoms with Crippen LogP contribution in [-0.4, -0.2) is 35.7 Å². The van der Waals surface area contributed by atoms with Crippen molar-refractivity contribution in [1.82, 2.24) is 14.5 Å². The number of nitrogens with one attached hydrogen (secondary N) is 1. The molecular weight excluding hydrogens is 485 g/mol. The Hall–Kier alpha value is -2.88. The summed E-state index contributed by atoms with van der Waals surface area (Å²) in [6.07, 6.45) is 4.61. The summed E-state index contributed by atoms with van der Waals surface area (Å²) < 4.78 is 49.5. The van der Waals surface area contributed by atoms with Crippen molar-refractivity contribution in [3.05, 3.63) is 84.3 Å². The Morgan fingerprint density at radius 2 is 1.80 bits per heavy atom. The van der Waals surface area contributed by atoms with E-state index in [1.165, 1.54) is 12.1 Å². The first-order valence-electron chi connectivity index (χ1n) is 11.4. The lowest BCUT2D eigenvalue weighted by Gasteiger charge is -2.26. The van der Waals surface area contributed by atoms with Crippen LogP contribution in [0.25, 0.3) is 16.6 Å². The van der Waals surface area contributed by atoms with Gasteiger partial charge in [0, 0.05) is 10.3 Å². The highest BCUT2D eigenvalue weighted by molar-refractivity contribution is 7.98. The minimum atomic E-state index is -3.38. The molecule has 0 spiro atoms. The number of benzene rings is 3. The lowest BCUT2D eigenvalue weighted by Crippen LogP contribution is -2.40. The fourth-order valence-electron chi connectivity index (χ4n) is 4.07. The van der Waals surface area contributed by atoms with Crippen molar-refractivity contribution in [3.63, 3.8) is 0 Å². The number of aromatic nitrogens is 2. The first-order chi connectivity index (χ1) is 16.8. The van der Waals surface area contributed by atoms with Crippen molar-refractivity contribution in [2.45, 2.75) is 42.1 Å². The zero-order valence-corrected chi connectivity index (χ0v) is 21.0. The van der Waals surface area contributed by atoms with E-state index in [9.17, 15) is 12.8 Å². The van der Waals surface area contributed by atoms with Crippen LogP contribution in [0, 0.1) is 5.82 Å². The summed E-state index contributed by atoms with van der Waals surface area (Å²) in [5, 5.41) is 5.00. The van der Waals surface area contributed by atoms with Crippen LogP contribution in [0.15, 0.2) is 77.8 Å². The lowest BCUT2D eigenvalue weighted by molar-refractivity contribution is 0.173. The van der Waals surface area contributed by atoms with Crippen LogP contribution in [0.1, 0.15) is 31.4 Å². The van der Waals surface area contributed by atoms with Crippen LogP contribution < -0.4 is 9.46 Å². The van der Waals surface area contributed by atoms with E-state index in [0.717, 1.165) is 27.0 Å². The number of rotatable bonds is 9. The number of thioether (sulfide) groups is 1. The fraction of sp³-hybridized carbons (Fsp3) is 0.269. The van der Waals surface area contributed by atoms with E-state index in [-0.39, 0.29) is 11.1 Å². The Kier molecular flexibility index (Phi) is 6.57. The first kappa shape index (κ1) is 23.8.